The summed E-state index contributed by atoms with van der Waals surface area (Å²) in [5.74, 6) is 0.0768. The Balaban J connectivity index is 1.60. The lowest BCUT2D eigenvalue weighted by Crippen LogP contribution is -2.27. The number of fused-ring (bicyclic) bond motifs is 3. The third-order valence-electron chi connectivity index (χ3n) is 6.27. The SMILES string of the molecule is [2H]C([2H])([2H])CC(=O)c1cnc(NC(=O)C2CC2)cc1Nc1nc(C)cc2c1N(C)[C@H](C)c1sc(C)nc1-2. The van der Waals surface area contributed by atoms with Gasteiger partial charge >= 0.3 is 0 Å². The van der Waals surface area contributed by atoms with Crippen LogP contribution >= 0.6 is 11.3 Å². The van der Waals surface area contributed by atoms with Crippen molar-refractivity contribution in [3.05, 3.63) is 39.5 Å². The second kappa shape index (κ2) is 8.47. The minimum atomic E-state index is -2.43. The molecule has 0 unspecified atom stereocenters. The summed E-state index contributed by atoms with van der Waals surface area (Å²) in [6, 6.07) is 3.62. The maximum Gasteiger partial charge on any atom is 0.228 e. The zero-order chi connectivity index (χ0) is 26.6. The van der Waals surface area contributed by atoms with Crippen LogP contribution in [0.1, 0.15) is 69.1 Å². The van der Waals surface area contributed by atoms with Crippen LogP contribution in [-0.2, 0) is 4.79 Å². The van der Waals surface area contributed by atoms with Crippen molar-refractivity contribution >= 4 is 46.0 Å². The summed E-state index contributed by atoms with van der Waals surface area (Å²) < 4.78 is 22.7. The molecule has 9 heteroatoms. The number of thiazole rings is 1. The Morgan fingerprint density at radius 2 is 2.06 bits per heavy atom. The molecule has 3 aromatic rings. The Kier molecular flexibility index (Phi) is 4.74. The van der Waals surface area contributed by atoms with Crippen LogP contribution in [0, 0.1) is 19.8 Å². The van der Waals surface area contributed by atoms with Gasteiger partial charge in [0.1, 0.15) is 5.82 Å². The number of carbonyl (C=O) groups is 2. The van der Waals surface area contributed by atoms with Crippen molar-refractivity contribution in [1.29, 1.82) is 0 Å². The molecule has 1 fully saturated rings. The van der Waals surface area contributed by atoms with Crippen LogP contribution in [0.4, 0.5) is 23.0 Å². The Bertz CT molecular complexity index is 1420. The molecule has 0 radical (unpaired) electrons. The molecular weight excluding hydrogens is 448 g/mol. The first-order chi connectivity index (χ1) is 17.4. The highest BCUT2D eigenvalue weighted by Gasteiger charge is 2.33. The minimum absolute atomic E-state index is 0.0218. The zero-order valence-electron chi connectivity index (χ0n) is 22.5. The number of anilines is 4. The first-order valence-electron chi connectivity index (χ1n) is 12.7. The number of ketones is 1. The third kappa shape index (κ3) is 3.94. The van der Waals surface area contributed by atoms with Gasteiger partial charge in [0.05, 0.1) is 38.6 Å². The molecule has 3 aromatic heterocycles. The normalized spacial score (nSPS) is 18.3. The second-order valence-corrected chi connectivity index (χ2v) is 10.1. The molecule has 176 valence electrons. The zero-order valence-corrected chi connectivity index (χ0v) is 20.3. The fourth-order valence-electron chi connectivity index (χ4n) is 4.23. The van der Waals surface area contributed by atoms with Gasteiger partial charge in [0.25, 0.3) is 0 Å². The number of carbonyl (C=O) groups excluding carboxylic acids is 2. The number of aryl methyl sites for hydroxylation is 2. The lowest BCUT2D eigenvalue weighted by atomic mass is 9.99. The Morgan fingerprint density at radius 3 is 2.79 bits per heavy atom. The van der Waals surface area contributed by atoms with Gasteiger partial charge in [0.2, 0.25) is 5.91 Å². The van der Waals surface area contributed by atoms with Gasteiger partial charge < -0.3 is 15.5 Å². The monoisotopic (exact) mass is 479 g/mol. The van der Waals surface area contributed by atoms with Crippen molar-refractivity contribution in [2.45, 2.75) is 52.9 Å². The van der Waals surface area contributed by atoms with E-state index in [4.69, 9.17) is 14.1 Å². The molecular formula is C25H28N6O2S. The van der Waals surface area contributed by atoms with E-state index in [-0.39, 0.29) is 29.2 Å². The van der Waals surface area contributed by atoms with E-state index in [1.165, 1.54) is 11.1 Å². The molecule has 8 nitrogen and oxygen atoms in total. The smallest absolute Gasteiger partial charge is 0.228 e. The molecule has 34 heavy (non-hydrogen) atoms. The van der Waals surface area contributed by atoms with E-state index in [0.717, 1.165) is 40.5 Å². The second-order valence-electron chi connectivity index (χ2n) is 8.84. The molecule has 0 spiro atoms. The summed E-state index contributed by atoms with van der Waals surface area (Å²) >= 11 is 1.67. The van der Waals surface area contributed by atoms with Gasteiger partial charge in [-0.25, -0.2) is 15.0 Å². The first kappa shape index (κ1) is 19.0. The standard InChI is InChI=1S/C25H28N6O2S/c1-6-19(32)17-11-26-20(30-25(33)15-7-8-15)10-18(17)29-24-22-16(9-12(2)27-24)21-23(13(3)31(22)5)34-14(4)28-21/h9-11,13,15H,6-8H2,1-5H3,(H2,26,27,29,30,33)/t13-/m1/s1/i1D3. The van der Waals surface area contributed by atoms with Crippen LogP contribution in [0.3, 0.4) is 0 Å². The van der Waals surface area contributed by atoms with E-state index >= 15 is 0 Å². The van der Waals surface area contributed by atoms with Crippen molar-refractivity contribution in [3.63, 3.8) is 0 Å². The highest BCUT2D eigenvalue weighted by atomic mass is 32.1. The number of pyridine rings is 2. The number of Topliss-reactive ketones (excluding diaryl/α,β-unsaturated/α-hetero) is 1. The van der Waals surface area contributed by atoms with Crippen LogP contribution in [-0.4, -0.2) is 33.7 Å². The van der Waals surface area contributed by atoms with E-state index in [9.17, 15) is 9.59 Å². The Hall–Kier alpha value is -3.33. The van der Waals surface area contributed by atoms with Crippen LogP contribution in [0.25, 0.3) is 11.3 Å². The van der Waals surface area contributed by atoms with Gasteiger partial charge in [-0.3, -0.25) is 9.59 Å². The molecule has 1 aliphatic heterocycles. The van der Waals surface area contributed by atoms with E-state index < -0.39 is 19.1 Å². The molecule has 5 rings (SSSR count). The topological polar surface area (TPSA) is 100 Å². The van der Waals surface area contributed by atoms with E-state index in [1.807, 2.05) is 27.0 Å². The fourth-order valence-corrected chi connectivity index (χ4v) is 5.26. The molecule has 0 bridgehead atoms. The minimum Gasteiger partial charge on any atom is -0.363 e. The predicted molar refractivity (Wildman–Crippen MR) is 135 cm³/mol. The average molecular weight is 480 g/mol. The van der Waals surface area contributed by atoms with Crippen molar-refractivity contribution in [2.75, 3.05) is 22.6 Å². The van der Waals surface area contributed by atoms with E-state index in [1.54, 1.807) is 17.4 Å². The highest BCUT2D eigenvalue weighted by Crippen LogP contribution is 2.49. The molecule has 0 saturated heterocycles. The summed E-state index contributed by atoms with van der Waals surface area (Å²) in [7, 11) is 1.98. The molecule has 2 aliphatic rings. The molecule has 0 aromatic carbocycles. The average Bonchev–Trinajstić information content (AvgIpc) is 3.57. The molecule has 1 amide bonds. The van der Waals surface area contributed by atoms with E-state index in [0.29, 0.717) is 11.5 Å². The fraction of sp³-hybridized carbons (Fsp3) is 0.400. The number of hydrogen-bond donors (Lipinski definition) is 2. The molecule has 1 aliphatic carbocycles. The largest absolute Gasteiger partial charge is 0.363 e. The first-order valence-corrected chi connectivity index (χ1v) is 12.1. The third-order valence-corrected chi connectivity index (χ3v) is 7.41. The van der Waals surface area contributed by atoms with Crippen molar-refractivity contribution < 1.29 is 13.7 Å². The van der Waals surface area contributed by atoms with Crippen LogP contribution in [0.15, 0.2) is 18.3 Å². The predicted octanol–water partition coefficient (Wildman–Crippen LogP) is 5.41. The number of nitrogens with one attached hydrogen (secondary N) is 2. The lowest BCUT2D eigenvalue weighted by Gasteiger charge is -2.34. The van der Waals surface area contributed by atoms with Gasteiger partial charge in [-0.2, -0.15) is 0 Å². The summed E-state index contributed by atoms with van der Waals surface area (Å²) in [6.07, 6.45) is 2.37. The number of aromatic nitrogens is 3. The van der Waals surface area contributed by atoms with Gasteiger partial charge in [0.15, 0.2) is 11.6 Å². The number of amides is 1. The van der Waals surface area contributed by atoms with E-state index in [2.05, 4.69) is 27.4 Å². The maximum atomic E-state index is 13.0. The number of nitrogens with zero attached hydrogens (tertiary/aromatic N) is 4. The van der Waals surface area contributed by atoms with Crippen LogP contribution in [0.5, 0.6) is 0 Å². The summed E-state index contributed by atoms with van der Waals surface area (Å²) in [5.41, 5.74) is 3.88. The lowest BCUT2D eigenvalue weighted by molar-refractivity contribution is -0.117. The summed E-state index contributed by atoms with van der Waals surface area (Å²) in [5, 5.41) is 7.06. The van der Waals surface area contributed by atoms with Gasteiger partial charge in [-0.1, -0.05) is 6.85 Å². The van der Waals surface area contributed by atoms with Crippen molar-refractivity contribution in [1.82, 2.24) is 15.0 Å². The molecule has 1 atom stereocenters. The quantitative estimate of drug-likeness (QED) is 0.456. The van der Waals surface area contributed by atoms with Crippen LogP contribution in [0.2, 0.25) is 0 Å². The van der Waals surface area contributed by atoms with Crippen molar-refractivity contribution in [2.24, 2.45) is 5.92 Å². The molecule has 2 N–H and O–H groups in total. The Morgan fingerprint density at radius 1 is 1.26 bits per heavy atom. The summed E-state index contributed by atoms with van der Waals surface area (Å²) in [4.78, 5) is 42.4. The van der Waals surface area contributed by atoms with Gasteiger partial charge in [-0.15, -0.1) is 11.3 Å². The molecule has 4 heterocycles. The number of rotatable bonds is 6. The Labute approximate surface area is 207 Å². The summed E-state index contributed by atoms with van der Waals surface area (Å²) in [6.45, 7) is 3.55. The maximum absolute atomic E-state index is 13.0. The van der Waals surface area contributed by atoms with Crippen LogP contribution < -0.4 is 15.5 Å². The van der Waals surface area contributed by atoms with Gasteiger partial charge in [-0.05, 0) is 39.7 Å². The number of hydrogen-bond acceptors (Lipinski definition) is 8. The van der Waals surface area contributed by atoms with Gasteiger partial charge in [0, 0.05) is 47.0 Å². The highest BCUT2D eigenvalue weighted by molar-refractivity contribution is 7.12. The molecule has 1 saturated carbocycles. The van der Waals surface area contributed by atoms with Crippen molar-refractivity contribution in [3.8, 4) is 11.3 Å².